The molecule has 0 saturated carbocycles. The molecular weight excluding hydrogens is 174 g/mol. The molecule has 1 aromatic carbocycles. The van der Waals surface area contributed by atoms with E-state index in [0.29, 0.717) is 0 Å². The van der Waals surface area contributed by atoms with Gasteiger partial charge in [-0.15, -0.1) is 0 Å². The maximum atomic E-state index is 5.25. The molecule has 14 heavy (non-hydrogen) atoms. The summed E-state index contributed by atoms with van der Waals surface area (Å²) in [6.07, 6.45) is 3.33. The lowest BCUT2D eigenvalue weighted by atomic mass is 10.2. The van der Waals surface area contributed by atoms with Crippen molar-refractivity contribution in [1.29, 1.82) is 0 Å². The molecule has 0 saturated heterocycles. The first-order valence-electron chi connectivity index (χ1n) is 5.32. The summed E-state index contributed by atoms with van der Waals surface area (Å²) < 4.78 is 0. The fourth-order valence-corrected chi connectivity index (χ4v) is 1.20. The van der Waals surface area contributed by atoms with Crippen LogP contribution in [0.2, 0.25) is 0 Å². The SMILES string of the molecule is CCCCONCCc1ccccc1. The van der Waals surface area contributed by atoms with Crippen molar-refractivity contribution in [3.05, 3.63) is 35.9 Å². The van der Waals surface area contributed by atoms with Gasteiger partial charge in [-0.05, 0) is 18.4 Å². The first-order chi connectivity index (χ1) is 6.93. The van der Waals surface area contributed by atoms with Gasteiger partial charge in [-0.25, -0.2) is 5.48 Å². The van der Waals surface area contributed by atoms with Gasteiger partial charge in [-0.1, -0.05) is 43.7 Å². The lowest BCUT2D eigenvalue weighted by Crippen LogP contribution is -2.18. The molecule has 78 valence electrons. The van der Waals surface area contributed by atoms with Crippen molar-refractivity contribution in [2.45, 2.75) is 26.2 Å². The second-order valence-corrected chi connectivity index (χ2v) is 3.33. The fourth-order valence-electron chi connectivity index (χ4n) is 1.20. The molecule has 0 aliphatic heterocycles. The van der Waals surface area contributed by atoms with Crippen LogP contribution in [0.5, 0.6) is 0 Å². The molecule has 2 heteroatoms. The van der Waals surface area contributed by atoms with E-state index in [9.17, 15) is 0 Å². The van der Waals surface area contributed by atoms with Gasteiger partial charge in [0.05, 0.1) is 6.61 Å². The van der Waals surface area contributed by atoms with E-state index in [0.717, 1.165) is 26.0 Å². The van der Waals surface area contributed by atoms with Crippen LogP contribution < -0.4 is 5.48 Å². The summed E-state index contributed by atoms with van der Waals surface area (Å²) in [6.45, 7) is 3.85. The van der Waals surface area contributed by atoms with Crippen LogP contribution in [0.15, 0.2) is 30.3 Å². The van der Waals surface area contributed by atoms with Gasteiger partial charge < -0.3 is 4.84 Å². The van der Waals surface area contributed by atoms with Gasteiger partial charge >= 0.3 is 0 Å². The molecule has 0 unspecified atom stereocenters. The van der Waals surface area contributed by atoms with Crippen LogP contribution in [0.4, 0.5) is 0 Å². The third-order valence-electron chi connectivity index (χ3n) is 2.06. The third kappa shape index (κ3) is 5.00. The normalized spacial score (nSPS) is 10.4. The van der Waals surface area contributed by atoms with Crippen molar-refractivity contribution >= 4 is 0 Å². The summed E-state index contributed by atoms with van der Waals surface area (Å²) in [4.78, 5) is 5.25. The highest BCUT2D eigenvalue weighted by atomic mass is 16.6. The summed E-state index contributed by atoms with van der Waals surface area (Å²) in [7, 11) is 0. The first-order valence-corrected chi connectivity index (χ1v) is 5.32. The zero-order valence-corrected chi connectivity index (χ0v) is 8.83. The quantitative estimate of drug-likeness (QED) is 0.531. The average molecular weight is 193 g/mol. The van der Waals surface area contributed by atoms with Crippen molar-refractivity contribution in [2.24, 2.45) is 0 Å². The molecule has 1 N–H and O–H groups in total. The number of benzene rings is 1. The Hall–Kier alpha value is -0.860. The van der Waals surface area contributed by atoms with E-state index >= 15 is 0 Å². The van der Waals surface area contributed by atoms with Crippen molar-refractivity contribution in [1.82, 2.24) is 5.48 Å². The molecule has 0 fully saturated rings. The second-order valence-electron chi connectivity index (χ2n) is 3.33. The van der Waals surface area contributed by atoms with E-state index in [4.69, 9.17) is 4.84 Å². The summed E-state index contributed by atoms with van der Waals surface area (Å²) in [5.74, 6) is 0. The number of rotatable bonds is 7. The molecule has 0 radical (unpaired) electrons. The van der Waals surface area contributed by atoms with Gasteiger partial charge in [-0.3, -0.25) is 0 Å². The van der Waals surface area contributed by atoms with Crippen LogP contribution >= 0.6 is 0 Å². The van der Waals surface area contributed by atoms with E-state index in [-0.39, 0.29) is 0 Å². The molecule has 0 bridgehead atoms. The van der Waals surface area contributed by atoms with Gasteiger partial charge in [0.25, 0.3) is 0 Å². The Bertz CT molecular complexity index is 223. The van der Waals surface area contributed by atoms with E-state index < -0.39 is 0 Å². The van der Waals surface area contributed by atoms with Crippen molar-refractivity contribution in [3.8, 4) is 0 Å². The summed E-state index contributed by atoms with van der Waals surface area (Å²) in [6, 6.07) is 10.4. The monoisotopic (exact) mass is 193 g/mol. The van der Waals surface area contributed by atoms with Crippen LogP contribution in [0.3, 0.4) is 0 Å². The number of unbranched alkanes of at least 4 members (excludes halogenated alkanes) is 1. The molecule has 0 aliphatic rings. The van der Waals surface area contributed by atoms with E-state index in [2.05, 4.69) is 36.7 Å². The van der Waals surface area contributed by atoms with Crippen LogP contribution in [0.1, 0.15) is 25.3 Å². The minimum atomic E-state index is 0.811. The van der Waals surface area contributed by atoms with E-state index in [1.807, 2.05) is 6.07 Å². The van der Waals surface area contributed by atoms with Gasteiger partial charge in [0.2, 0.25) is 0 Å². The van der Waals surface area contributed by atoms with Crippen molar-refractivity contribution in [2.75, 3.05) is 13.2 Å². The third-order valence-corrected chi connectivity index (χ3v) is 2.06. The van der Waals surface area contributed by atoms with Gasteiger partial charge in [-0.2, -0.15) is 0 Å². The standard InChI is InChI=1S/C12H19NO/c1-2-3-11-14-13-10-9-12-7-5-4-6-8-12/h4-8,13H,2-3,9-11H2,1H3. The summed E-state index contributed by atoms with van der Waals surface area (Å²) >= 11 is 0. The van der Waals surface area contributed by atoms with Crippen LogP contribution in [0, 0.1) is 0 Å². The molecule has 0 aliphatic carbocycles. The molecule has 0 heterocycles. The number of hydrogen-bond donors (Lipinski definition) is 1. The second kappa shape index (κ2) is 7.54. The molecule has 1 rings (SSSR count). The highest BCUT2D eigenvalue weighted by Gasteiger charge is 1.90. The van der Waals surface area contributed by atoms with Gasteiger partial charge in [0.1, 0.15) is 0 Å². The molecule has 0 amide bonds. The lowest BCUT2D eigenvalue weighted by Gasteiger charge is -2.04. The Kier molecular flexibility index (Phi) is 6.04. The molecular formula is C12H19NO. The topological polar surface area (TPSA) is 21.3 Å². The first kappa shape index (κ1) is 11.2. The number of hydroxylamine groups is 1. The highest BCUT2D eigenvalue weighted by Crippen LogP contribution is 1.98. The summed E-state index contributed by atoms with van der Waals surface area (Å²) in [5.41, 5.74) is 4.32. The minimum Gasteiger partial charge on any atom is -0.302 e. The predicted molar refractivity (Wildman–Crippen MR) is 59.0 cm³/mol. The Morgan fingerprint density at radius 2 is 2.00 bits per heavy atom. The minimum absolute atomic E-state index is 0.811. The van der Waals surface area contributed by atoms with Gasteiger partial charge in [0, 0.05) is 6.54 Å². The van der Waals surface area contributed by atoms with E-state index in [1.54, 1.807) is 0 Å². The number of hydrogen-bond acceptors (Lipinski definition) is 2. The maximum Gasteiger partial charge on any atom is 0.0682 e. The van der Waals surface area contributed by atoms with Crippen LogP contribution in [-0.2, 0) is 11.3 Å². The molecule has 0 atom stereocenters. The van der Waals surface area contributed by atoms with Crippen molar-refractivity contribution < 1.29 is 4.84 Å². The predicted octanol–water partition coefficient (Wildman–Crippen LogP) is 2.55. The zero-order valence-electron chi connectivity index (χ0n) is 8.83. The highest BCUT2D eigenvalue weighted by molar-refractivity contribution is 5.14. The van der Waals surface area contributed by atoms with Crippen LogP contribution in [0.25, 0.3) is 0 Å². The maximum absolute atomic E-state index is 5.25. The number of nitrogens with one attached hydrogen (secondary N) is 1. The average Bonchev–Trinajstić information content (AvgIpc) is 2.25. The smallest absolute Gasteiger partial charge is 0.0682 e. The summed E-state index contributed by atoms with van der Waals surface area (Å²) in [5, 5.41) is 0. The van der Waals surface area contributed by atoms with Crippen molar-refractivity contribution in [3.63, 3.8) is 0 Å². The zero-order chi connectivity index (χ0) is 10.1. The molecule has 0 spiro atoms. The largest absolute Gasteiger partial charge is 0.302 e. The fraction of sp³-hybridized carbons (Fsp3) is 0.500. The molecule has 1 aromatic rings. The Morgan fingerprint density at radius 3 is 2.71 bits per heavy atom. The Balaban J connectivity index is 1.99. The molecule has 2 nitrogen and oxygen atoms in total. The Labute approximate surface area is 86.2 Å². The lowest BCUT2D eigenvalue weighted by molar-refractivity contribution is 0.0401. The molecule has 0 aromatic heterocycles. The van der Waals surface area contributed by atoms with Gasteiger partial charge in [0.15, 0.2) is 0 Å². The van der Waals surface area contributed by atoms with Crippen LogP contribution in [-0.4, -0.2) is 13.2 Å². The Morgan fingerprint density at radius 1 is 1.21 bits per heavy atom. The van der Waals surface area contributed by atoms with E-state index in [1.165, 1.54) is 12.0 Å².